The van der Waals surface area contributed by atoms with Crippen molar-refractivity contribution >= 4 is 11.8 Å². The van der Waals surface area contributed by atoms with E-state index in [9.17, 15) is 9.59 Å². The predicted octanol–water partition coefficient (Wildman–Crippen LogP) is 4.42. The molecule has 214 valence electrons. The van der Waals surface area contributed by atoms with Crippen LogP contribution in [0.15, 0.2) is 40.9 Å². The highest BCUT2D eigenvalue weighted by Crippen LogP contribution is 2.34. The Kier molecular flexibility index (Phi) is 8.96. The van der Waals surface area contributed by atoms with Crippen molar-refractivity contribution in [3.63, 3.8) is 0 Å². The minimum Gasteiger partial charge on any atom is -0.431 e. The van der Waals surface area contributed by atoms with Crippen molar-refractivity contribution in [2.24, 2.45) is 0 Å². The SMILES string of the molecule is CCC(CC)NC(=O)c1cnc(-c2cccc(-c3cc(C(=O)NCC4(N5CCOCC5)CCCCC4)n[nH]3)c2)o1. The summed E-state index contributed by atoms with van der Waals surface area (Å²) in [7, 11) is 0. The summed E-state index contributed by atoms with van der Waals surface area (Å²) < 4.78 is 11.4. The fraction of sp³-hybridized carbons (Fsp3) is 0.533. The van der Waals surface area contributed by atoms with Crippen molar-refractivity contribution < 1.29 is 18.7 Å². The molecule has 0 radical (unpaired) electrons. The van der Waals surface area contributed by atoms with E-state index in [-0.39, 0.29) is 29.2 Å². The van der Waals surface area contributed by atoms with Crippen LogP contribution in [0.25, 0.3) is 22.7 Å². The molecule has 0 spiro atoms. The van der Waals surface area contributed by atoms with E-state index in [1.165, 1.54) is 25.5 Å². The van der Waals surface area contributed by atoms with Crippen LogP contribution in [0.1, 0.15) is 79.8 Å². The lowest BCUT2D eigenvalue weighted by Gasteiger charge is -2.48. The number of aromatic nitrogens is 3. The van der Waals surface area contributed by atoms with Gasteiger partial charge in [0.15, 0.2) is 5.69 Å². The van der Waals surface area contributed by atoms with Crippen LogP contribution in [0.4, 0.5) is 0 Å². The average Bonchev–Trinajstić information content (AvgIpc) is 3.71. The molecule has 2 amide bonds. The van der Waals surface area contributed by atoms with Crippen molar-refractivity contribution in [3.05, 3.63) is 48.0 Å². The zero-order valence-electron chi connectivity index (χ0n) is 23.5. The van der Waals surface area contributed by atoms with Crippen molar-refractivity contribution in [2.75, 3.05) is 32.8 Å². The number of morpholine rings is 1. The number of nitrogens with zero attached hydrogens (tertiary/aromatic N) is 3. The molecule has 1 aromatic carbocycles. The van der Waals surface area contributed by atoms with Crippen molar-refractivity contribution in [3.8, 4) is 22.7 Å². The van der Waals surface area contributed by atoms with Gasteiger partial charge in [0.05, 0.1) is 25.1 Å². The molecular weight excluding hydrogens is 508 g/mol. The first-order valence-electron chi connectivity index (χ1n) is 14.5. The zero-order chi connectivity index (χ0) is 28.0. The summed E-state index contributed by atoms with van der Waals surface area (Å²) >= 11 is 0. The number of hydrogen-bond donors (Lipinski definition) is 3. The Bertz CT molecular complexity index is 1280. The van der Waals surface area contributed by atoms with Crippen LogP contribution < -0.4 is 10.6 Å². The van der Waals surface area contributed by atoms with Crippen LogP contribution in [0.5, 0.6) is 0 Å². The van der Waals surface area contributed by atoms with E-state index in [4.69, 9.17) is 9.15 Å². The number of carbonyl (C=O) groups excluding carboxylic acids is 2. The third-order valence-electron chi connectivity index (χ3n) is 8.33. The second-order valence-electron chi connectivity index (χ2n) is 10.8. The molecule has 2 fully saturated rings. The smallest absolute Gasteiger partial charge is 0.288 e. The summed E-state index contributed by atoms with van der Waals surface area (Å²) in [6, 6.07) is 9.45. The molecule has 10 nitrogen and oxygen atoms in total. The van der Waals surface area contributed by atoms with Crippen molar-refractivity contribution in [1.29, 1.82) is 0 Å². The van der Waals surface area contributed by atoms with Gasteiger partial charge in [0.1, 0.15) is 0 Å². The molecule has 1 aliphatic carbocycles. The predicted molar refractivity (Wildman–Crippen MR) is 152 cm³/mol. The van der Waals surface area contributed by atoms with E-state index in [2.05, 4.69) is 30.7 Å². The highest BCUT2D eigenvalue weighted by molar-refractivity contribution is 5.93. The minimum atomic E-state index is -0.267. The van der Waals surface area contributed by atoms with Crippen LogP contribution in [0.2, 0.25) is 0 Å². The van der Waals surface area contributed by atoms with Gasteiger partial charge in [0.2, 0.25) is 11.7 Å². The molecule has 2 aliphatic rings. The Balaban J connectivity index is 1.25. The fourth-order valence-corrected chi connectivity index (χ4v) is 5.86. The van der Waals surface area contributed by atoms with Crippen molar-refractivity contribution in [1.82, 2.24) is 30.7 Å². The number of amides is 2. The molecule has 3 N–H and O–H groups in total. The highest BCUT2D eigenvalue weighted by atomic mass is 16.5. The summed E-state index contributed by atoms with van der Waals surface area (Å²) in [5.74, 6) is 0.0877. The molecule has 0 atom stereocenters. The fourth-order valence-electron chi connectivity index (χ4n) is 5.86. The molecule has 3 aromatic rings. The summed E-state index contributed by atoms with van der Waals surface area (Å²) in [6.07, 6.45) is 8.96. The van der Waals surface area contributed by atoms with E-state index < -0.39 is 0 Å². The zero-order valence-corrected chi connectivity index (χ0v) is 23.5. The Labute approximate surface area is 235 Å². The average molecular weight is 549 g/mol. The number of benzene rings is 1. The van der Waals surface area contributed by atoms with E-state index in [0.29, 0.717) is 23.8 Å². The Morgan fingerprint density at radius 1 is 1.05 bits per heavy atom. The molecule has 2 aromatic heterocycles. The number of carbonyl (C=O) groups is 2. The topological polar surface area (TPSA) is 125 Å². The lowest BCUT2D eigenvalue weighted by molar-refractivity contribution is -0.0361. The van der Waals surface area contributed by atoms with Gasteiger partial charge >= 0.3 is 0 Å². The van der Waals surface area contributed by atoms with Crippen LogP contribution in [-0.2, 0) is 4.74 Å². The molecule has 0 unspecified atom stereocenters. The number of aromatic amines is 1. The third kappa shape index (κ3) is 6.28. The second-order valence-corrected chi connectivity index (χ2v) is 10.8. The number of nitrogens with one attached hydrogen (secondary N) is 3. The lowest BCUT2D eigenvalue weighted by Crippen LogP contribution is -2.59. The molecule has 3 heterocycles. The molecule has 1 saturated heterocycles. The van der Waals surface area contributed by atoms with E-state index in [0.717, 1.165) is 63.1 Å². The van der Waals surface area contributed by atoms with Gasteiger partial charge in [-0.1, -0.05) is 45.2 Å². The van der Waals surface area contributed by atoms with Crippen LogP contribution in [0, 0.1) is 0 Å². The van der Waals surface area contributed by atoms with E-state index >= 15 is 0 Å². The maximum absolute atomic E-state index is 13.1. The van der Waals surface area contributed by atoms with Crippen molar-refractivity contribution in [2.45, 2.75) is 70.4 Å². The molecular formula is C30H40N6O4. The quantitative estimate of drug-likeness (QED) is 0.343. The molecule has 40 heavy (non-hydrogen) atoms. The van der Waals surface area contributed by atoms with E-state index in [1.807, 2.05) is 38.1 Å². The molecule has 10 heteroatoms. The largest absolute Gasteiger partial charge is 0.431 e. The minimum absolute atomic E-state index is 0.00898. The standard InChI is InChI=1S/C30H40N6O4/c1-3-23(4-2)33-28(38)26-19-31-29(40-26)22-10-8-9-21(17-22)24-18-25(35-34-24)27(37)32-20-30(11-6-5-7-12-30)36-13-15-39-16-14-36/h8-10,17-19,23H,3-7,11-16,20H2,1-2H3,(H,32,37)(H,33,38)(H,34,35). The van der Waals surface area contributed by atoms with Crippen LogP contribution in [-0.4, -0.2) is 76.3 Å². The Hall–Kier alpha value is -3.50. The number of ether oxygens (including phenoxy) is 1. The van der Waals surface area contributed by atoms with Gasteiger partial charge in [-0.15, -0.1) is 0 Å². The van der Waals surface area contributed by atoms with Gasteiger partial charge in [-0.25, -0.2) is 4.98 Å². The van der Waals surface area contributed by atoms with Gasteiger partial charge in [0.25, 0.3) is 11.8 Å². The number of hydrogen-bond acceptors (Lipinski definition) is 7. The van der Waals surface area contributed by atoms with E-state index in [1.54, 1.807) is 6.07 Å². The van der Waals surface area contributed by atoms with Gasteiger partial charge in [-0.2, -0.15) is 5.10 Å². The Morgan fingerprint density at radius 3 is 2.55 bits per heavy atom. The molecule has 0 bridgehead atoms. The first-order chi connectivity index (χ1) is 19.5. The lowest BCUT2D eigenvalue weighted by atomic mass is 9.79. The van der Waals surface area contributed by atoms with Gasteiger partial charge in [-0.3, -0.25) is 19.6 Å². The summed E-state index contributed by atoms with van der Waals surface area (Å²) in [5, 5.41) is 13.4. The molecule has 1 aliphatic heterocycles. The molecule has 1 saturated carbocycles. The summed E-state index contributed by atoms with van der Waals surface area (Å²) in [6.45, 7) is 8.00. The first-order valence-corrected chi connectivity index (χ1v) is 14.5. The summed E-state index contributed by atoms with van der Waals surface area (Å²) in [5.41, 5.74) is 2.62. The third-order valence-corrected chi connectivity index (χ3v) is 8.33. The second kappa shape index (κ2) is 12.8. The number of H-pyrrole nitrogens is 1. The van der Waals surface area contributed by atoms with Gasteiger partial charge in [-0.05, 0) is 43.9 Å². The highest BCUT2D eigenvalue weighted by Gasteiger charge is 2.39. The van der Waals surface area contributed by atoms with Crippen LogP contribution >= 0.6 is 0 Å². The number of oxazole rings is 1. The Morgan fingerprint density at radius 2 is 1.80 bits per heavy atom. The van der Waals surface area contributed by atoms with Crippen LogP contribution in [0.3, 0.4) is 0 Å². The maximum Gasteiger partial charge on any atom is 0.288 e. The normalized spacial score (nSPS) is 17.6. The number of rotatable bonds is 10. The first kappa shape index (κ1) is 28.0. The summed E-state index contributed by atoms with van der Waals surface area (Å²) in [4.78, 5) is 32.5. The van der Waals surface area contributed by atoms with Gasteiger partial charge in [0, 0.05) is 42.3 Å². The molecule has 5 rings (SSSR count). The van der Waals surface area contributed by atoms with Gasteiger partial charge < -0.3 is 19.8 Å². The monoisotopic (exact) mass is 548 g/mol. The maximum atomic E-state index is 13.1.